The molecule has 0 aliphatic carbocycles. The molecule has 0 radical (unpaired) electrons. The summed E-state index contributed by atoms with van der Waals surface area (Å²) in [6.07, 6.45) is 15.7. The van der Waals surface area contributed by atoms with Gasteiger partial charge in [0.1, 0.15) is 5.41 Å². The summed E-state index contributed by atoms with van der Waals surface area (Å²) in [5.41, 5.74) is -4.92. The number of unbranched alkanes of at least 4 members (excludes halogenated alkanes) is 15. The van der Waals surface area contributed by atoms with Crippen LogP contribution in [0.2, 0.25) is 0 Å². The third-order valence-corrected chi connectivity index (χ3v) is 8.03. The van der Waals surface area contributed by atoms with Gasteiger partial charge in [0.2, 0.25) is 0 Å². The van der Waals surface area contributed by atoms with Crippen molar-refractivity contribution >= 4 is 17.9 Å². The van der Waals surface area contributed by atoms with Gasteiger partial charge in [-0.15, -0.1) is 0 Å². The molecule has 0 amide bonds. The minimum absolute atomic E-state index is 0.0352. The van der Waals surface area contributed by atoms with E-state index in [0.29, 0.717) is 19.3 Å². The number of hydrogen-bond acceptors (Lipinski definition) is 4. The molecule has 0 saturated carbocycles. The first-order valence-electron chi connectivity index (χ1n) is 15.1. The maximum atomic E-state index is 12.9. The average molecular weight is 529 g/mol. The summed E-state index contributed by atoms with van der Waals surface area (Å²) < 4.78 is 0. The molecular weight excluding hydrogens is 472 g/mol. The molecule has 0 rings (SSSR count). The van der Waals surface area contributed by atoms with Crippen LogP contribution in [0, 0.1) is 11.3 Å². The minimum Gasteiger partial charge on any atom is -0.481 e. The van der Waals surface area contributed by atoms with E-state index in [9.17, 15) is 34.8 Å². The fourth-order valence-corrected chi connectivity index (χ4v) is 5.62. The molecule has 0 saturated heterocycles. The van der Waals surface area contributed by atoms with Crippen LogP contribution >= 0.6 is 0 Å². The molecule has 37 heavy (non-hydrogen) atoms. The first-order chi connectivity index (χ1) is 17.7. The standard InChI is InChI=1S/C30H56O7/c1-4-7-10-13-16-19-22-25(26(31)32)30(37,28(35)36)29(27(33)34,23-20-17-14-11-8-5-2)24-21-18-15-12-9-6-3/h25,37H,4-24H2,1-3H3,(H,31,32)(H,33,34)(H,35,36). The number of carboxylic acids is 3. The Bertz CT molecular complexity index is 617. The summed E-state index contributed by atoms with van der Waals surface area (Å²) in [6.45, 7) is 6.32. The Balaban J connectivity index is 5.95. The van der Waals surface area contributed by atoms with Gasteiger partial charge in [-0.3, -0.25) is 9.59 Å². The van der Waals surface area contributed by atoms with E-state index in [2.05, 4.69) is 20.8 Å². The van der Waals surface area contributed by atoms with Crippen molar-refractivity contribution in [3.8, 4) is 0 Å². The maximum Gasteiger partial charge on any atom is 0.337 e. The Hall–Kier alpha value is -1.63. The summed E-state index contributed by atoms with van der Waals surface area (Å²) in [4.78, 5) is 37.9. The molecule has 0 aliphatic rings. The zero-order valence-electron chi connectivity index (χ0n) is 23.9. The Kier molecular flexibility index (Phi) is 19.5. The molecule has 7 heteroatoms. The van der Waals surface area contributed by atoms with Gasteiger partial charge < -0.3 is 20.4 Å². The Morgan fingerprint density at radius 3 is 1.22 bits per heavy atom. The highest BCUT2D eigenvalue weighted by Crippen LogP contribution is 2.48. The van der Waals surface area contributed by atoms with Crippen LogP contribution in [0.25, 0.3) is 0 Å². The lowest BCUT2D eigenvalue weighted by Crippen LogP contribution is -2.64. The van der Waals surface area contributed by atoms with Crippen LogP contribution in [-0.4, -0.2) is 43.9 Å². The van der Waals surface area contributed by atoms with E-state index in [-0.39, 0.29) is 19.3 Å². The predicted molar refractivity (Wildman–Crippen MR) is 148 cm³/mol. The fraction of sp³-hybridized carbons (Fsp3) is 0.900. The normalized spacial score (nSPS) is 14.3. The van der Waals surface area contributed by atoms with Crippen LogP contribution in [0.4, 0.5) is 0 Å². The third kappa shape index (κ3) is 11.7. The van der Waals surface area contributed by atoms with E-state index in [4.69, 9.17) is 0 Å². The molecule has 218 valence electrons. The van der Waals surface area contributed by atoms with Crippen LogP contribution in [0.15, 0.2) is 0 Å². The highest BCUT2D eigenvalue weighted by Gasteiger charge is 2.65. The van der Waals surface area contributed by atoms with E-state index >= 15 is 0 Å². The van der Waals surface area contributed by atoms with Crippen molar-refractivity contribution in [1.82, 2.24) is 0 Å². The van der Waals surface area contributed by atoms with Gasteiger partial charge in [-0.25, -0.2) is 4.79 Å². The van der Waals surface area contributed by atoms with Gasteiger partial charge in [-0.2, -0.15) is 0 Å². The summed E-state index contributed by atoms with van der Waals surface area (Å²) >= 11 is 0. The molecular formula is C30H56O7. The molecule has 0 aromatic rings. The van der Waals surface area contributed by atoms with Crippen molar-refractivity contribution in [1.29, 1.82) is 0 Å². The van der Waals surface area contributed by atoms with Gasteiger partial charge in [0, 0.05) is 0 Å². The third-order valence-electron chi connectivity index (χ3n) is 8.03. The average Bonchev–Trinajstić information content (AvgIpc) is 2.85. The molecule has 0 aliphatic heterocycles. The largest absolute Gasteiger partial charge is 0.481 e. The maximum absolute atomic E-state index is 12.9. The highest BCUT2D eigenvalue weighted by atomic mass is 16.4. The molecule has 2 atom stereocenters. The number of carboxylic acid groups (broad SMARTS) is 3. The molecule has 0 aromatic heterocycles. The van der Waals surface area contributed by atoms with E-state index in [1.54, 1.807) is 0 Å². The zero-order valence-corrected chi connectivity index (χ0v) is 23.9. The lowest BCUT2D eigenvalue weighted by atomic mass is 9.59. The van der Waals surface area contributed by atoms with Gasteiger partial charge in [-0.1, -0.05) is 136 Å². The summed E-state index contributed by atoms with van der Waals surface area (Å²) in [5.74, 6) is -6.23. The smallest absolute Gasteiger partial charge is 0.337 e. The first-order valence-corrected chi connectivity index (χ1v) is 15.1. The van der Waals surface area contributed by atoms with Crippen molar-refractivity contribution < 1.29 is 34.8 Å². The lowest BCUT2D eigenvalue weighted by Gasteiger charge is -2.45. The number of hydrogen-bond donors (Lipinski definition) is 4. The molecule has 0 heterocycles. The van der Waals surface area contributed by atoms with Crippen molar-refractivity contribution in [3.63, 3.8) is 0 Å². The number of carbonyl (C=O) groups is 3. The van der Waals surface area contributed by atoms with E-state index in [1.807, 2.05) is 0 Å². The molecule has 0 aromatic carbocycles. The molecule has 4 N–H and O–H groups in total. The Labute approximate surface area is 225 Å². The van der Waals surface area contributed by atoms with Crippen molar-refractivity contribution in [2.45, 2.75) is 161 Å². The number of rotatable bonds is 26. The second kappa shape index (κ2) is 20.3. The van der Waals surface area contributed by atoms with Crippen LogP contribution < -0.4 is 0 Å². The molecule has 2 unspecified atom stereocenters. The van der Waals surface area contributed by atoms with Gasteiger partial charge in [0.15, 0.2) is 5.60 Å². The van der Waals surface area contributed by atoms with E-state index in [0.717, 1.165) is 96.3 Å². The zero-order chi connectivity index (χ0) is 28.2. The van der Waals surface area contributed by atoms with Gasteiger partial charge in [-0.05, 0) is 19.3 Å². The number of aliphatic carboxylic acids is 3. The minimum atomic E-state index is -2.87. The quantitative estimate of drug-likeness (QED) is 0.0841. The summed E-state index contributed by atoms with van der Waals surface area (Å²) in [5, 5.41) is 42.6. The van der Waals surface area contributed by atoms with E-state index in [1.165, 1.54) is 0 Å². The van der Waals surface area contributed by atoms with Gasteiger partial charge in [0.25, 0.3) is 0 Å². The van der Waals surface area contributed by atoms with Crippen molar-refractivity contribution in [2.24, 2.45) is 11.3 Å². The monoisotopic (exact) mass is 528 g/mol. The van der Waals surface area contributed by atoms with Crippen LogP contribution in [0.3, 0.4) is 0 Å². The topological polar surface area (TPSA) is 132 Å². The van der Waals surface area contributed by atoms with Gasteiger partial charge >= 0.3 is 17.9 Å². The van der Waals surface area contributed by atoms with Gasteiger partial charge in [0.05, 0.1) is 5.92 Å². The Morgan fingerprint density at radius 1 is 0.541 bits per heavy atom. The summed E-state index contributed by atoms with van der Waals surface area (Å²) in [6, 6.07) is 0. The molecule has 7 nitrogen and oxygen atoms in total. The predicted octanol–water partition coefficient (Wildman–Crippen LogP) is 7.83. The molecule has 0 bridgehead atoms. The lowest BCUT2D eigenvalue weighted by molar-refractivity contribution is -0.207. The SMILES string of the molecule is CCCCCCCCC(C(=O)O)C(O)(C(=O)O)C(CCCCCCCC)(CCCCCCCC)C(=O)O. The summed E-state index contributed by atoms with van der Waals surface area (Å²) in [7, 11) is 0. The molecule has 0 fully saturated rings. The number of aliphatic hydroxyl groups is 1. The first kappa shape index (κ1) is 35.4. The Morgan fingerprint density at radius 2 is 0.892 bits per heavy atom. The second-order valence-electron chi connectivity index (χ2n) is 10.9. The van der Waals surface area contributed by atoms with Crippen molar-refractivity contribution in [3.05, 3.63) is 0 Å². The van der Waals surface area contributed by atoms with Crippen molar-refractivity contribution in [2.75, 3.05) is 0 Å². The molecule has 0 spiro atoms. The fourth-order valence-electron chi connectivity index (χ4n) is 5.62. The van der Waals surface area contributed by atoms with E-state index < -0.39 is 34.8 Å². The van der Waals surface area contributed by atoms with Crippen LogP contribution in [0.1, 0.15) is 156 Å². The van der Waals surface area contributed by atoms with Crippen LogP contribution in [0.5, 0.6) is 0 Å². The second-order valence-corrected chi connectivity index (χ2v) is 10.9. The van der Waals surface area contributed by atoms with Crippen LogP contribution in [-0.2, 0) is 14.4 Å². The highest BCUT2D eigenvalue weighted by molar-refractivity contribution is 5.93.